The van der Waals surface area contributed by atoms with E-state index in [0.29, 0.717) is 6.04 Å². The van der Waals surface area contributed by atoms with Crippen LogP contribution in [-0.2, 0) is 4.79 Å². The summed E-state index contributed by atoms with van der Waals surface area (Å²) in [5.74, 6) is -0.0852. The highest BCUT2D eigenvalue weighted by Gasteiger charge is 2.35. The lowest BCUT2D eigenvalue weighted by molar-refractivity contribution is -0.129. The Morgan fingerprint density at radius 1 is 1.05 bits per heavy atom. The van der Waals surface area contributed by atoms with Crippen LogP contribution in [0.15, 0.2) is 0 Å². The first kappa shape index (κ1) is 19.4. The molecule has 130 valence electrons. The van der Waals surface area contributed by atoms with Crippen molar-refractivity contribution >= 4 is 5.91 Å². The summed E-state index contributed by atoms with van der Waals surface area (Å²) in [5, 5.41) is 3.44. The van der Waals surface area contributed by atoms with Gasteiger partial charge in [0.2, 0.25) is 5.91 Å². The third-order valence-corrected chi connectivity index (χ3v) is 5.19. The van der Waals surface area contributed by atoms with Crippen molar-refractivity contribution in [2.45, 2.75) is 78.2 Å². The molecule has 1 aliphatic heterocycles. The highest BCUT2D eigenvalue weighted by Crippen LogP contribution is 2.34. The lowest BCUT2D eigenvalue weighted by Crippen LogP contribution is -2.46. The first-order valence-corrected chi connectivity index (χ1v) is 9.34. The first-order chi connectivity index (χ1) is 10.6. The zero-order valence-electron chi connectivity index (χ0n) is 15.0. The number of carbonyl (C=O) groups excluding carboxylic acids is 1. The molecule has 0 radical (unpaired) electrons. The fraction of sp³-hybridized carbons (Fsp3) is 0.944. The molecule has 1 aliphatic rings. The van der Waals surface area contributed by atoms with Gasteiger partial charge in [-0.15, -0.1) is 0 Å². The average Bonchev–Trinajstić information content (AvgIpc) is 2.52. The van der Waals surface area contributed by atoms with Crippen LogP contribution < -0.4 is 11.1 Å². The summed E-state index contributed by atoms with van der Waals surface area (Å²) in [6.45, 7) is 11.0. The van der Waals surface area contributed by atoms with Gasteiger partial charge in [-0.2, -0.15) is 0 Å². The molecule has 0 unspecified atom stereocenters. The second-order valence-electron chi connectivity index (χ2n) is 6.91. The van der Waals surface area contributed by atoms with Crippen LogP contribution in [-0.4, -0.2) is 43.0 Å². The molecular weight excluding hydrogens is 274 g/mol. The average molecular weight is 312 g/mol. The second-order valence-corrected chi connectivity index (χ2v) is 6.91. The molecule has 22 heavy (non-hydrogen) atoms. The quantitative estimate of drug-likeness (QED) is 0.617. The van der Waals surface area contributed by atoms with E-state index in [2.05, 4.69) is 31.0 Å². The Labute approximate surface area is 137 Å². The van der Waals surface area contributed by atoms with E-state index in [0.717, 1.165) is 58.3 Å². The van der Waals surface area contributed by atoms with E-state index in [9.17, 15) is 4.79 Å². The molecular formula is C18H37N3O. The van der Waals surface area contributed by atoms with Crippen LogP contribution in [0.2, 0.25) is 0 Å². The molecule has 0 aromatic carbocycles. The summed E-state index contributed by atoms with van der Waals surface area (Å²) in [5.41, 5.74) is 5.53. The summed E-state index contributed by atoms with van der Waals surface area (Å²) in [6, 6.07) is 0.676. The predicted molar refractivity (Wildman–Crippen MR) is 93.8 cm³/mol. The summed E-state index contributed by atoms with van der Waals surface area (Å²) in [4.78, 5) is 14.8. The van der Waals surface area contributed by atoms with Gasteiger partial charge in [0.05, 0.1) is 5.41 Å². The van der Waals surface area contributed by atoms with Crippen molar-refractivity contribution in [3.05, 3.63) is 0 Å². The minimum atomic E-state index is -0.289. The second kappa shape index (κ2) is 10.2. The van der Waals surface area contributed by atoms with Gasteiger partial charge < -0.3 is 16.0 Å². The van der Waals surface area contributed by atoms with Crippen molar-refractivity contribution in [2.24, 2.45) is 11.1 Å². The number of nitrogens with zero attached hydrogens (tertiary/aromatic N) is 1. The predicted octanol–water partition coefficient (Wildman–Crippen LogP) is 2.91. The topological polar surface area (TPSA) is 58.4 Å². The normalized spacial score (nSPS) is 17.1. The number of hydrogen-bond donors (Lipinski definition) is 2. The Morgan fingerprint density at radius 3 is 2.09 bits per heavy atom. The highest BCUT2D eigenvalue weighted by molar-refractivity contribution is 5.80. The zero-order valence-corrected chi connectivity index (χ0v) is 15.0. The van der Waals surface area contributed by atoms with Gasteiger partial charge >= 0.3 is 0 Å². The Balaban J connectivity index is 2.70. The maximum atomic E-state index is 12.1. The fourth-order valence-electron chi connectivity index (χ4n) is 4.00. The van der Waals surface area contributed by atoms with Gasteiger partial charge in [0.25, 0.3) is 0 Å². The molecule has 4 heteroatoms. The van der Waals surface area contributed by atoms with Crippen molar-refractivity contribution in [3.8, 4) is 0 Å². The summed E-state index contributed by atoms with van der Waals surface area (Å²) >= 11 is 0. The van der Waals surface area contributed by atoms with E-state index in [1.54, 1.807) is 0 Å². The van der Waals surface area contributed by atoms with Crippen LogP contribution in [0.1, 0.15) is 72.1 Å². The van der Waals surface area contributed by atoms with E-state index in [1.807, 2.05) is 0 Å². The third kappa shape index (κ3) is 5.54. The van der Waals surface area contributed by atoms with Gasteiger partial charge in [0, 0.05) is 6.04 Å². The molecule has 4 nitrogen and oxygen atoms in total. The number of amides is 1. The summed E-state index contributed by atoms with van der Waals surface area (Å²) in [6.07, 6.45) is 8.48. The number of carbonyl (C=O) groups is 1. The van der Waals surface area contributed by atoms with Crippen molar-refractivity contribution in [3.63, 3.8) is 0 Å². The minimum absolute atomic E-state index is 0.0852. The van der Waals surface area contributed by atoms with Crippen LogP contribution in [0.3, 0.4) is 0 Å². The molecule has 0 spiro atoms. The smallest absolute Gasteiger partial charge is 0.223 e. The maximum Gasteiger partial charge on any atom is 0.223 e. The Morgan fingerprint density at radius 2 is 1.64 bits per heavy atom. The number of primary amides is 1. The molecule has 0 aliphatic carbocycles. The zero-order chi connectivity index (χ0) is 16.4. The van der Waals surface area contributed by atoms with Crippen molar-refractivity contribution in [1.29, 1.82) is 0 Å². The Hall–Kier alpha value is -0.610. The molecule has 1 fully saturated rings. The monoisotopic (exact) mass is 311 g/mol. The molecule has 1 saturated heterocycles. The summed E-state index contributed by atoms with van der Waals surface area (Å²) in [7, 11) is 0. The van der Waals surface area contributed by atoms with Crippen molar-refractivity contribution in [2.75, 3.05) is 26.2 Å². The van der Waals surface area contributed by atoms with Crippen LogP contribution in [0, 0.1) is 5.41 Å². The van der Waals surface area contributed by atoms with Crippen molar-refractivity contribution in [1.82, 2.24) is 10.2 Å². The molecule has 0 aromatic heterocycles. The van der Waals surface area contributed by atoms with E-state index in [1.165, 1.54) is 19.3 Å². The summed E-state index contributed by atoms with van der Waals surface area (Å²) < 4.78 is 0. The van der Waals surface area contributed by atoms with E-state index < -0.39 is 0 Å². The molecule has 0 bridgehead atoms. The van der Waals surface area contributed by atoms with Crippen molar-refractivity contribution < 1.29 is 4.79 Å². The Kier molecular flexibility index (Phi) is 9.03. The van der Waals surface area contributed by atoms with Gasteiger partial charge in [0.15, 0.2) is 0 Å². The van der Waals surface area contributed by atoms with E-state index in [4.69, 9.17) is 5.73 Å². The fourth-order valence-corrected chi connectivity index (χ4v) is 4.00. The SMILES string of the molecule is CCCN(CCC(CCC)(CCC)C(N)=O)C1CCNCC1. The molecule has 0 saturated carbocycles. The number of nitrogens with two attached hydrogens (primary N) is 1. The number of piperidine rings is 1. The maximum absolute atomic E-state index is 12.1. The van der Waals surface area contributed by atoms with Crippen LogP contribution in [0.4, 0.5) is 0 Å². The standard InChI is InChI=1S/C18H37N3O/c1-4-9-18(10-5-2,17(19)22)11-15-21(14-6-3)16-7-12-20-13-8-16/h16,20H,4-15H2,1-3H3,(H2,19,22). The molecule has 0 aromatic rings. The largest absolute Gasteiger partial charge is 0.369 e. The van der Waals surface area contributed by atoms with Crippen LogP contribution >= 0.6 is 0 Å². The van der Waals surface area contributed by atoms with Gasteiger partial charge in [-0.3, -0.25) is 4.79 Å². The van der Waals surface area contributed by atoms with Gasteiger partial charge in [-0.05, 0) is 64.7 Å². The number of nitrogens with one attached hydrogen (secondary N) is 1. The molecule has 3 N–H and O–H groups in total. The third-order valence-electron chi connectivity index (χ3n) is 5.19. The highest BCUT2D eigenvalue weighted by atomic mass is 16.1. The lowest BCUT2D eigenvalue weighted by atomic mass is 9.75. The molecule has 1 heterocycles. The number of rotatable bonds is 11. The van der Waals surface area contributed by atoms with Gasteiger partial charge in [-0.1, -0.05) is 33.6 Å². The van der Waals surface area contributed by atoms with Gasteiger partial charge in [-0.25, -0.2) is 0 Å². The first-order valence-electron chi connectivity index (χ1n) is 9.34. The van der Waals surface area contributed by atoms with E-state index >= 15 is 0 Å². The Bertz CT molecular complexity index is 307. The van der Waals surface area contributed by atoms with Gasteiger partial charge in [0.1, 0.15) is 0 Å². The lowest BCUT2D eigenvalue weighted by Gasteiger charge is -2.38. The molecule has 1 rings (SSSR count). The van der Waals surface area contributed by atoms with E-state index in [-0.39, 0.29) is 11.3 Å². The molecule has 0 atom stereocenters. The van der Waals surface area contributed by atoms with Crippen LogP contribution in [0.5, 0.6) is 0 Å². The minimum Gasteiger partial charge on any atom is -0.369 e. The van der Waals surface area contributed by atoms with Crippen LogP contribution in [0.25, 0.3) is 0 Å². The number of hydrogen-bond acceptors (Lipinski definition) is 3. The molecule has 1 amide bonds.